The number of hydrogen-bond acceptors (Lipinski definition) is 5. The van der Waals surface area contributed by atoms with Crippen LogP contribution in [-0.2, 0) is 6.18 Å². The van der Waals surface area contributed by atoms with Crippen LogP contribution in [0.25, 0.3) is 0 Å². The van der Waals surface area contributed by atoms with Crippen LogP contribution in [-0.4, -0.2) is 34.3 Å². The van der Waals surface area contributed by atoms with Crippen molar-refractivity contribution in [3.05, 3.63) is 11.9 Å². The Morgan fingerprint density at radius 1 is 1.29 bits per heavy atom. The Morgan fingerprint density at radius 2 is 1.95 bits per heavy atom. The zero-order valence-electron chi connectivity index (χ0n) is 12.2. The minimum atomic E-state index is -4.59. The van der Waals surface area contributed by atoms with Gasteiger partial charge in [0.2, 0.25) is 5.82 Å². The quantitative estimate of drug-likeness (QED) is 0.689. The summed E-state index contributed by atoms with van der Waals surface area (Å²) in [6, 6.07) is 1.37. The highest BCUT2D eigenvalue weighted by Gasteiger charge is 2.35. The van der Waals surface area contributed by atoms with Crippen LogP contribution in [0.15, 0.2) is 6.07 Å². The van der Waals surface area contributed by atoms with Gasteiger partial charge in [-0.3, -0.25) is 0 Å². The molecule has 1 aromatic heterocycles. The number of halogens is 3. The van der Waals surface area contributed by atoms with E-state index in [4.69, 9.17) is 5.11 Å². The Kier molecular flexibility index (Phi) is 6.67. The molecule has 8 heteroatoms. The standard InChI is InChI=1S/C13H21F3N4O/c1-3-6-17-10-8-11(18-9(2)5-4-7-21)20-12(19-10)13(14,15)16/h8-9,21H,3-7H2,1-2H3,(H2,17,18,19,20). The molecule has 0 saturated heterocycles. The molecule has 5 nitrogen and oxygen atoms in total. The number of nitrogens with one attached hydrogen (secondary N) is 2. The number of aromatic nitrogens is 2. The minimum Gasteiger partial charge on any atom is -0.396 e. The first-order valence-electron chi connectivity index (χ1n) is 6.94. The summed E-state index contributed by atoms with van der Waals surface area (Å²) in [5.74, 6) is -0.891. The summed E-state index contributed by atoms with van der Waals surface area (Å²) >= 11 is 0. The Bertz CT molecular complexity index is 440. The first-order chi connectivity index (χ1) is 9.86. The van der Waals surface area contributed by atoms with Crippen LogP contribution in [0, 0.1) is 0 Å². The smallest absolute Gasteiger partial charge is 0.396 e. The van der Waals surface area contributed by atoms with Crippen LogP contribution in [0.3, 0.4) is 0 Å². The second-order valence-electron chi connectivity index (χ2n) is 4.80. The number of nitrogens with zero attached hydrogens (tertiary/aromatic N) is 2. The van der Waals surface area contributed by atoms with E-state index in [1.807, 2.05) is 13.8 Å². The zero-order chi connectivity index (χ0) is 15.9. The number of aliphatic hydroxyl groups excluding tert-OH is 1. The van der Waals surface area contributed by atoms with Crippen molar-refractivity contribution in [1.29, 1.82) is 0 Å². The van der Waals surface area contributed by atoms with Gasteiger partial charge in [-0.1, -0.05) is 6.92 Å². The highest BCUT2D eigenvalue weighted by molar-refractivity contribution is 5.48. The average molecular weight is 306 g/mol. The van der Waals surface area contributed by atoms with Crippen LogP contribution in [0.2, 0.25) is 0 Å². The molecule has 0 saturated carbocycles. The predicted molar refractivity (Wildman–Crippen MR) is 75.2 cm³/mol. The molecule has 0 aromatic carbocycles. The van der Waals surface area contributed by atoms with Gasteiger partial charge in [0.1, 0.15) is 11.6 Å². The van der Waals surface area contributed by atoms with Crippen LogP contribution < -0.4 is 10.6 Å². The third-order valence-electron chi connectivity index (χ3n) is 2.73. The van der Waals surface area contributed by atoms with E-state index in [-0.39, 0.29) is 24.3 Å². The highest BCUT2D eigenvalue weighted by Crippen LogP contribution is 2.28. The second-order valence-corrected chi connectivity index (χ2v) is 4.80. The van der Waals surface area contributed by atoms with Crippen LogP contribution in [0.5, 0.6) is 0 Å². The van der Waals surface area contributed by atoms with Crippen molar-refractivity contribution >= 4 is 11.6 Å². The number of hydrogen-bond donors (Lipinski definition) is 3. The number of rotatable bonds is 8. The molecule has 0 aliphatic heterocycles. The molecule has 0 fully saturated rings. The molecule has 0 radical (unpaired) electrons. The number of alkyl halides is 3. The van der Waals surface area contributed by atoms with Crippen LogP contribution >= 0.6 is 0 Å². The van der Waals surface area contributed by atoms with Gasteiger partial charge in [-0.25, -0.2) is 9.97 Å². The van der Waals surface area contributed by atoms with Gasteiger partial charge >= 0.3 is 6.18 Å². The van der Waals surface area contributed by atoms with Crippen LogP contribution in [0.1, 0.15) is 38.9 Å². The van der Waals surface area contributed by atoms with E-state index < -0.39 is 12.0 Å². The summed E-state index contributed by atoms with van der Waals surface area (Å²) in [5, 5.41) is 14.5. The fraction of sp³-hybridized carbons (Fsp3) is 0.692. The van der Waals surface area contributed by atoms with Gasteiger partial charge in [0.25, 0.3) is 0 Å². The molecule has 1 atom stereocenters. The highest BCUT2D eigenvalue weighted by atomic mass is 19.4. The molecule has 0 bridgehead atoms. The van der Waals surface area contributed by atoms with E-state index in [1.165, 1.54) is 6.07 Å². The van der Waals surface area contributed by atoms with Crippen molar-refractivity contribution in [2.24, 2.45) is 0 Å². The molecule has 3 N–H and O–H groups in total. The van der Waals surface area contributed by atoms with Crippen molar-refractivity contribution in [2.45, 2.75) is 45.3 Å². The fourth-order valence-corrected chi connectivity index (χ4v) is 1.71. The molecule has 21 heavy (non-hydrogen) atoms. The lowest BCUT2D eigenvalue weighted by atomic mass is 10.2. The van der Waals surface area contributed by atoms with E-state index in [9.17, 15) is 13.2 Å². The van der Waals surface area contributed by atoms with E-state index in [1.54, 1.807) is 0 Å². The predicted octanol–water partition coefficient (Wildman–Crippen LogP) is 2.89. The normalized spacial score (nSPS) is 13.0. The first kappa shape index (κ1) is 17.5. The summed E-state index contributed by atoms with van der Waals surface area (Å²) in [5.41, 5.74) is 0. The summed E-state index contributed by atoms with van der Waals surface area (Å²) in [6.07, 6.45) is -2.60. The lowest BCUT2D eigenvalue weighted by Gasteiger charge is -2.16. The summed E-state index contributed by atoms with van der Waals surface area (Å²) < 4.78 is 38.4. The first-order valence-corrected chi connectivity index (χ1v) is 6.94. The lowest BCUT2D eigenvalue weighted by molar-refractivity contribution is -0.144. The second kappa shape index (κ2) is 8.02. The molecule has 1 rings (SSSR count). The van der Waals surface area contributed by atoms with Crippen molar-refractivity contribution in [1.82, 2.24) is 9.97 Å². The molecule has 1 aromatic rings. The van der Waals surface area contributed by atoms with Crippen LogP contribution in [0.4, 0.5) is 24.8 Å². The Balaban J connectivity index is 2.90. The monoisotopic (exact) mass is 306 g/mol. The van der Waals surface area contributed by atoms with E-state index in [0.717, 1.165) is 6.42 Å². The largest absolute Gasteiger partial charge is 0.451 e. The Labute approximate surface area is 122 Å². The van der Waals surface area contributed by atoms with Gasteiger partial charge < -0.3 is 15.7 Å². The molecular weight excluding hydrogens is 285 g/mol. The van der Waals surface area contributed by atoms with E-state index >= 15 is 0 Å². The molecule has 1 heterocycles. The molecule has 0 amide bonds. The van der Waals surface area contributed by atoms with Gasteiger partial charge in [0, 0.05) is 25.3 Å². The number of anilines is 2. The zero-order valence-corrected chi connectivity index (χ0v) is 12.2. The number of aliphatic hydroxyl groups is 1. The van der Waals surface area contributed by atoms with Crippen molar-refractivity contribution in [3.63, 3.8) is 0 Å². The summed E-state index contributed by atoms with van der Waals surface area (Å²) in [4.78, 5) is 7.00. The van der Waals surface area contributed by atoms with Gasteiger partial charge in [-0.15, -0.1) is 0 Å². The summed E-state index contributed by atoms with van der Waals surface area (Å²) in [6.45, 7) is 4.32. The van der Waals surface area contributed by atoms with E-state index in [2.05, 4.69) is 20.6 Å². The molecule has 0 aliphatic carbocycles. The molecular formula is C13H21F3N4O. The molecule has 0 aliphatic rings. The minimum absolute atomic E-state index is 0.0485. The average Bonchev–Trinajstić information content (AvgIpc) is 2.41. The Morgan fingerprint density at radius 3 is 2.52 bits per heavy atom. The molecule has 120 valence electrons. The van der Waals surface area contributed by atoms with Gasteiger partial charge in [-0.2, -0.15) is 13.2 Å². The van der Waals surface area contributed by atoms with Gasteiger partial charge in [0.15, 0.2) is 0 Å². The maximum absolute atomic E-state index is 12.8. The van der Waals surface area contributed by atoms with Gasteiger partial charge in [0.05, 0.1) is 0 Å². The maximum atomic E-state index is 12.8. The topological polar surface area (TPSA) is 70.1 Å². The summed E-state index contributed by atoms with van der Waals surface area (Å²) in [7, 11) is 0. The van der Waals surface area contributed by atoms with Crippen molar-refractivity contribution < 1.29 is 18.3 Å². The third kappa shape index (κ3) is 6.16. The lowest BCUT2D eigenvalue weighted by Crippen LogP contribution is -2.20. The molecule has 0 spiro atoms. The van der Waals surface area contributed by atoms with Crippen molar-refractivity contribution in [2.75, 3.05) is 23.8 Å². The fourth-order valence-electron chi connectivity index (χ4n) is 1.71. The van der Waals surface area contributed by atoms with E-state index in [0.29, 0.717) is 19.4 Å². The third-order valence-corrected chi connectivity index (χ3v) is 2.73. The van der Waals surface area contributed by atoms with Gasteiger partial charge in [-0.05, 0) is 26.2 Å². The molecule has 1 unspecified atom stereocenters. The van der Waals surface area contributed by atoms with Crippen molar-refractivity contribution in [3.8, 4) is 0 Å². The SMILES string of the molecule is CCCNc1cc(NC(C)CCCO)nc(C(F)(F)F)n1. The Hall–Kier alpha value is -1.57. The maximum Gasteiger partial charge on any atom is 0.451 e.